The fourth-order valence-electron chi connectivity index (χ4n) is 2.64. The highest BCUT2D eigenvalue weighted by Crippen LogP contribution is 2.32. The maximum Gasteiger partial charge on any atom is 0.254 e. The third kappa shape index (κ3) is 2.38. The second-order valence-corrected chi connectivity index (χ2v) is 5.23. The van der Waals surface area contributed by atoms with Crippen molar-refractivity contribution in [1.82, 2.24) is 9.88 Å². The molecule has 1 unspecified atom stereocenters. The Labute approximate surface area is 117 Å². The van der Waals surface area contributed by atoms with E-state index in [9.17, 15) is 4.79 Å². The van der Waals surface area contributed by atoms with E-state index in [4.69, 9.17) is 11.6 Å². The number of H-pyrrole nitrogens is 1. The first-order valence-electron chi connectivity index (χ1n) is 6.45. The zero-order valence-corrected chi connectivity index (χ0v) is 11.2. The summed E-state index contributed by atoms with van der Waals surface area (Å²) < 4.78 is 0. The second kappa shape index (κ2) is 5.10. The number of likely N-dealkylation sites (tertiary alicyclic amines) is 1. The lowest BCUT2D eigenvalue weighted by Crippen LogP contribution is -2.30. The van der Waals surface area contributed by atoms with Gasteiger partial charge in [-0.2, -0.15) is 0 Å². The molecule has 1 aromatic carbocycles. The van der Waals surface area contributed by atoms with E-state index in [-0.39, 0.29) is 11.9 Å². The Morgan fingerprint density at radius 3 is 2.74 bits per heavy atom. The summed E-state index contributed by atoms with van der Waals surface area (Å²) in [6, 6.07) is 11.3. The van der Waals surface area contributed by atoms with Gasteiger partial charge in [-0.05, 0) is 49.2 Å². The van der Waals surface area contributed by atoms with Gasteiger partial charge >= 0.3 is 0 Å². The summed E-state index contributed by atoms with van der Waals surface area (Å²) in [6.45, 7) is 0.811. The number of nitrogens with one attached hydrogen (secondary N) is 1. The fourth-order valence-corrected chi connectivity index (χ4v) is 2.77. The minimum atomic E-state index is 0.0776. The van der Waals surface area contributed by atoms with Gasteiger partial charge in [-0.25, -0.2) is 0 Å². The van der Waals surface area contributed by atoms with E-state index in [1.165, 1.54) is 0 Å². The van der Waals surface area contributed by atoms with Crippen LogP contribution in [-0.2, 0) is 0 Å². The van der Waals surface area contributed by atoms with Gasteiger partial charge < -0.3 is 9.88 Å². The lowest BCUT2D eigenvalue weighted by atomic mass is 10.1. The largest absolute Gasteiger partial charge is 0.363 e. The number of nitrogens with zero attached hydrogens (tertiary/aromatic N) is 1. The lowest BCUT2D eigenvalue weighted by Gasteiger charge is -2.24. The van der Waals surface area contributed by atoms with Crippen LogP contribution < -0.4 is 0 Å². The Morgan fingerprint density at radius 1 is 1.26 bits per heavy atom. The molecule has 1 aliphatic rings. The summed E-state index contributed by atoms with van der Waals surface area (Å²) in [5, 5.41) is 0.652. The second-order valence-electron chi connectivity index (χ2n) is 4.79. The number of aromatic nitrogens is 1. The van der Waals surface area contributed by atoms with Gasteiger partial charge in [-0.3, -0.25) is 4.79 Å². The van der Waals surface area contributed by atoms with Gasteiger partial charge in [0, 0.05) is 29.0 Å². The molecule has 4 heteroatoms. The minimum absolute atomic E-state index is 0.0776. The van der Waals surface area contributed by atoms with Gasteiger partial charge in [0.15, 0.2) is 0 Å². The zero-order chi connectivity index (χ0) is 13.2. The minimum Gasteiger partial charge on any atom is -0.363 e. The highest BCUT2D eigenvalue weighted by Gasteiger charge is 2.30. The lowest BCUT2D eigenvalue weighted by molar-refractivity contribution is 0.0733. The molecular weight excluding hydrogens is 260 g/mol. The number of amides is 1. The molecule has 0 spiro atoms. The molecule has 1 atom stereocenters. The summed E-state index contributed by atoms with van der Waals surface area (Å²) >= 11 is 5.86. The molecule has 1 N–H and O–H groups in total. The first kappa shape index (κ1) is 12.3. The molecule has 3 nitrogen and oxygen atoms in total. The molecule has 1 amide bonds. The maximum absolute atomic E-state index is 12.5. The molecule has 0 radical (unpaired) electrons. The number of carbonyl (C=O) groups excluding carboxylic acids is 1. The van der Waals surface area contributed by atoms with Gasteiger partial charge in [0.05, 0.1) is 6.04 Å². The van der Waals surface area contributed by atoms with Crippen molar-refractivity contribution in [3.8, 4) is 0 Å². The quantitative estimate of drug-likeness (QED) is 0.892. The SMILES string of the molecule is O=C(c1ccc(Cl)cc1)N1CCCC1c1ccc[nH]1. The highest BCUT2D eigenvalue weighted by atomic mass is 35.5. The van der Waals surface area contributed by atoms with Crippen molar-refractivity contribution >= 4 is 17.5 Å². The van der Waals surface area contributed by atoms with Gasteiger partial charge in [0.25, 0.3) is 5.91 Å². The van der Waals surface area contributed by atoms with Crippen molar-refractivity contribution in [3.05, 3.63) is 58.9 Å². The molecule has 3 rings (SSSR count). The van der Waals surface area contributed by atoms with Crippen LogP contribution in [0.15, 0.2) is 42.6 Å². The first-order chi connectivity index (χ1) is 9.25. The molecule has 19 heavy (non-hydrogen) atoms. The third-order valence-electron chi connectivity index (χ3n) is 3.59. The van der Waals surface area contributed by atoms with Gasteiger partial charge in [0.1, 0.15) is 0 Å². The number of aromatic amines is 1. The van der Waals surface area contributed by atoms with Crippen LogP contribution in [0.1, 0.15) is 34.9 Å². The number of hydrogen-bond donors (Lipinski definition) is 1. The number of hydrogen-bond acceptors (Lipinski definition) is 1. The maximum atomic E-state index is 12.5. The van der Waals surface area contributed by atoms with E-state index < -0.39 is 0 Å². The van der Waals surface area contributed by atoms with Gasteiger partial charge in [-0.15, -0.1) is 0 Å². The smallest absolute Gasteiger partial charge is 0.254 e. The Hall–Kier alpha value is -1.74. The van der Waals surface area contributed by atoms with Gasteiger partial charge in [0.2, 0.25) is 0 Å². The predicted octanol–water partition coefficient (Wildman–Crippen LogP) is 3.65. The van der Waals surface area contributed by atoms with Crippen LogP contribution >= 0.6 is 11.6 Å². The van der Waals surface area contributed by atoms with Crippen LogP contribution in [-0.4, -0.2) is 22.3 Å². The molecule has 1 fully saturated rings. The molecule has 2 heterocycles. The van der Waals surface area contributed by atoms with Gasteiger partial charge in [-0.1, -0.05) is 11.6 Å². The topological polar surface area (TPSA) is 36.1 Å². The standard InChI is InChI=1S/C15H15ClN2O/c16-12-7-5-11(6-8-12)15(19)18-10-2-4-14(18)13-3-1-9-17-13/h1,3,5-9,14,17H,2,4,10H2. The highest BCUT2D eigenvalue weighted by molar-refractivity contribution is 6.30. The summed E-state index contributed by atoms with van der Waals surface area (Å²) in [7, 11) is 0. The third-order valence-corrected chi connectivity index (χ3v) is 3.84. The monoisotopic (exact) mass is 274 g/mol. The number of halogens is 1. The van der Waals surface area contributed by atoms with Crippen LogP contribution in [0.25, 0.3) is 0 Å². The Kier molecular flexibility index (Phi) is 3.30. The van der Waals surface area contributed by atoms with Crippen LogP contribution in [0.3, 0.4) is 0 Å². The Morgan fingerprint density at radius 2 is 2.05 bits per heavy atom. The summed E-state index contributed by atoms with van der Waals surface area (Å²) in [5.41, 5.74) is 1.81. The fraction of sp³-hybridized carbons (Fsp3) is 0.267. The average Bonchev–Trinajstić information content (AvgIpc) is 3.09. The van der Waals surface area contributed by atoms with Crippen LogP contribution in [0.5, 0.6) is 0 Å². The summed E-state index contributed by atoms with van der Waals surface area (Å²) in [5.74, 6) is 0.0776. The van der Waals surface area contributed by atoms with Crippen molar-refractivity contribution in [3.63, 3.8) is 0 Å². The summed E-state index contributed by atoms with van der Waals surface area (Å²) in [4.78, 5) is 17.7. The first-order valence-corrected chi connectivity index (χ1v) is 6.83. The molecule has 2 aromatic rings. The zero-order valence-electron chi connectivity index (χ0n) is 10.5. The van der Waals surface area contributed by atoms with E-state index in [0.717, 1.165) is 25.1 Å². The number of benzene rings is 1. The molecular formula is C15H15ClN2O. The van der Waals surface area contributed by atoms with Crippen molar-refractivity contribution in [1.29, 1.82) is 0 Å². The van der Waals surface area contributed by atoms with E-state index in [1.807, 2.05) is 23.2 Å². The van der Waals surface area contributed by atoms with E-state index in [2.05, 4.69) is 4.98 Å². The number of carbonyl (C=O) groups is 1. The molecule has 1 saturated heterocycles. The predicted molar refractivity (Wildman–Crippen MR) is 75.3 cm³/mol. The van der Waals surface area contributed by atoms with E-state index in [1.54, 1.807) is 24.3 Å². The van der Waals surface area contributed by atoms with E-state index in [0.29, 0.717) is 10.6 Å². The van der Waals surface area contributed by atoms with Crippen molar-refractivity contribution in [2.75, 3.05) is 6.54 Å². The van der Waals surface area contributed by atoms with Crippen LogP contribution in [0.2, 0.25) is 5.02 Å². The van der Waals surface area contributed by atoms with Crippen LogP contribution in [0, 0.1) is 0 Å². The van der Waals surface area contributed by atoms with Crippen molar-refractivity contribution < 1.29 is 4.79 Å². The molecule has 0 aliphatic carbocycles. The normalized spacial score (nSPS) is 18.8. The molecule has 1 aromatic heterocycles. The number of rotatable bonds is 2. The molecule has 1 aliphatic heterocycles. The Bertz CT molecular complexity index is 562. The molecule has 98 valence electrons. The molecule has 0 saturated carbocycles. The average molecular weight is 275 g/mol. The summed E-state index contributed by atoms with van der Waals surface area (Å²) in [6.07, 6.45) is 3.96. The molecule has 0 bridgehead atoms. The van der Waals surface area contributed by atoms with Crippen LogP contribution in [0.4, 0.5) is 0 Å². The van der Waals surface area contributed by atoms with Crippen molar-refractivity contribution in [2.45, 2.75) is 18.9 Å². The Balaban J connectivity index is 1.84. The van der Waals surface area contributed by atoms with Crippen molar-refractivity contribution in [2.24, 2.45) is 0 Å². The van der Waals surface area contributed by atoms with E-state index >= 15 is 0 Å².